The number of hydrogen-bond donors (Lipinski definition) is 0. The van der Waals surface area contributed by atoms with Gasteiger partial charge in [0.05, 0.1) is 0 Å². The second-order valence-electron chi connectivity index (χ2n) is 0.492. The Morgan fingerprint density at radius 3 is 1.22 bits per heavy atom. The number of carboxylic acid groups (broad SMARTS) is 1. The molecule has 7 heteroatoms. The first kappa shape index (κ1) is 51.7. The van der Waals surface area contributed by atoms with E-state index in [9.17, 15) is 0 Å². The van der Waals surface area contributed by atoms with E-state index in [0.29, 0.717) is 0 Å². The molecule has 6 N–H and O–H groups in total. The summed E-state index contributed by atoms with van der Waals surface area (Å²) in [7, 11) is 0. The van der Waals surface area contributed by atoms with Crippen LogP contribution in [-0.4, -0.2) is 39.8 Å². The van der Waals surface area contributed by atoms with Crippen molar-refractivity contribution in [3.05, 3.63) is 0 Å². The second kappa shape index (κ2) is 36.6. The van der Waals surface area contributed by atoms with Crippen LogP contribution in [0.2, 0.25) is 0 Å². The molecule has 0 aromatic heterocycles. The van der Waals surface area contributed by atoms with E-state index in [1.807, 2.05) is 0 Å². The van der Waals surface area contributed by atoms with Crippen molar-refractivity contribution in [1.82, 2.24) is 0 Å². The molecule has 0 saturated heterocycles. The van der Waals surface area contributed by atoms with Crippen molar-refractivity contribution in [1.29, 1.82) is 0 Å². The molecule has 0 aliphatic carbocycles. The molecular weight excluding hydrogens is 154 g/mol. The first-order valence-electron chi connectivity index (χ1n) is 0.908. The zero-order chi connectivity index (χ0) is 3.58. The maximum Gasteiger partial charge on any atom is 1.00 e. The SMILES string of the molecule is CC(=O)[O-].O.O.O.[AlH3].[Na+]. The van der Waals surface area contributed by atoms with Crippen LogP contribution in [0, 0.1) is 0 Å². The van der Waals surface area contributed by atoms with Crippen molar-refractivity contribution in [2.24, 2.45) is 0 Å². The molecule has 0 spiro atoms. The van der Waals surface area contributed by atoms with Gasteiger partial charge in [0.1, 0.15) is 0 Å². The summed E-state index contributed by atoms with van der Waals surface area (Å²) in [6.07, 6.45) is 0. The third-order valence-electron chi connectivity index (χ3n) is 0. The Labute approximate surface area is 85.8 Å². The van der Waals surface area contributed by atoms with Crippen molar-refractivity contribution in [2.45, 2.75) is 6.92 Å². The van der Waals surface area contributed by atoms with Crippen LogP contribution in [0.4, 0.5) is 0 Å². The van der Waals surface area contributed by atoms with E-state index < -0.39 is 5.97 Å². The monoisotopic (exact) mass is 166 g/mol. The number of rotatable bonds is 0. The van der Waals surface area contributed by atoms with Crippen molar-refractivity contribution in [3.63, 3.8) is 0 Å². The van der Waals surface area contributed by atoms with Gasteiger partial charge in [-0.2, -0.15) is 0 Å². The molecule has 9 heavy (non-hydrogen) atoms. The molecule has 0 bridgehead atoms. The van der Waals surface area contributed by atoms with E-state index in [2.05, 4.69) is 0 Å². The maximum atomic E-state index is 8.89. The van der Waals surface area contributed by atoms with Gasteiger partial charge in [-0.15, -0.1) is 0 Å². The summed E-state index contributed by atoms with van der Waals surface area (Å²) in [6.45, 7) is 0.972. The van der Waals surface area contributed by atoms with Gasteiger partial charge in [0.25, 0.3) is 0 Å². The summed E-state index contributed by atoms with van der Waals surface area (Å²) >= 11 is 0. The Balaban J connectivity index is -0.00000000450. The number of carboxylic acids is 1. The summed E-state index contributed by atoms with van der Waals surface area (Å²) in [4.78, 5) is 8.89. The van der Waals surface area contributed by atoms with Gasteiger partial charge in [-0.1, -0.05) is 0 Å². The minimum Gasteiger partial charge on any atom is -0.550 e. The van der Waals surface area contributed by atoms with E-state index in [-0.39, 0.29) is 63.3 Å². The zero-order valence-corrected chi connectivity index (χ0v) is 6.82. The van der Waals surface area contributed by atoms with Crippen LogP contribution in [0.1, 0.15) is 6.92 Å². The van der Waals surface area contributed by atoms with Gasteiger partial charge in [0.2, 0.25) is 0 Å². The minimum absolute atomic E-state index is 0. The maximum absolute atomic E-state index is 8.89. The molecule has 0 rings (SSSR count). The predicted octanol–water partition coefficient (Wildman–Crippen LogP) is -7.90. The van der Waals surface area contributed by atoms with Gasteiger partial charge in [-0.05, 0) is 6.92 Å². The zero-order valence-electron chi connectivity index (χ0n) is 4.82. The molecule has 0 amide bonds. The summed E-state index contributed by atoms with van der Waals surface area (Å²) in [5, 5.41) is 8.89. The molecule has 54 valence electrons. The van der Waals surface area contributed by atoms with Crippen LogP contribution in [0.25, 0.3) is 0 Å². The van der Waals surface area contributed by atoms with Crippen molar-refractivity contribution < 1.29 is 55.9 Å². The fraction of sp³-hybridized carbons (Fsp3) is 0.500. The van der Waals surface area contributed by atoms with Crippen LogP contribution in [0.15, 0.2) is 0 Å². The van der Waals surface area contributed by atoms with Gasteiger partial charge >= 0.3 is 29.6 Å². The molecule has 0 radical (unpaired) electrons. The summed E-state index contributed by atoms with van der Waals surface area (Å²) < 4.78 is 0. The smallest absolute Gasteiger partial charge is 0.550 e. The molecule has 0 atom stereocenters. The molecule has 0 aliphatic rings. The average molecular weight is 166 g/mol. The van der Waals surface area contributed by atoms with Crippen LogP contribution in [-0.2, 0) is 4.79 Å². The van der Waals surface area contributed by atoms with E-state index in [0.717, 1.165) is 6.92 Å². The van der Waals surface area contributed by atoms with Crippen molar-refractivity contribution in [3.8, 4) is 0 Å². The van der Waals surface area contributed by atoms with Gasteiger partial charge in [-0.25, -0.2) is 0 Å². The molecule has 0 fully saturated rings. The number of hydrogen-bond acceptors (Lipinski definition) is 2. The predicted molar refractivity (Wildman–Crippen MR) is 31.5 cm³/mol. The van der Waals surface area contributed by atoms with Gasteiger partial charge in [0.15, 0.2) is 17.4 Å². The van der Waals surface area contributed by atoms with E-state index in [1.165, 1.54) is 0 Å². The normalized spacial score (nSPS) is 2.78. The van der Waals surface area contributed by atoms with Crippen molar-refractivity contribution in [2.75, 3.05) is 0 Å². The Hall–Kier alpha value is 0.882. The summed E-state index contributed by atoms with van der Waals surface area (Å²) in [5.41, 5.74) is 0. The largest absolute Gasteiger partial charge is 1.00 e. The molecule has 0 aromatic carbocycles. The van der Waals surface area contributed by atoms with E-state index in [1.54, 1.807) is 0 Å². The molecule has 0 heterocycles. The molecular formula is C2H12AlNaO5. The van der Waals surface area contributed by atoms with Crippen LogP contribution in [0.3, 0.4) is 0 Å². The van der Waals surface area contributed by atoms with Crippen LogP contribution < -0.4 is 34.7 Å². The quantitative estimate of drug-likeness (QED) is 0.330. The Morgan fingerprint density at radius 1 is 1.22 bits per heavy atom. The first-order chi connectivity index (χ1) is 1.73. The topological polar surface area (TPSA) is 135 Å². The Bertz CT molecular complexity index is 37.9. The Morgan fingerprint density at radius 2 is 1.22 bits per heavy atom. The van der Waals surface area contributed by atoms with Crippen LogP contribution in [0.5, 0.6) is 0 Å². The molecule has 0 unspecified atom stereocenters. The third kappa shape index (κ3) is 540. The summed E-state index contributed by atoms with van der Waals surface area (Å²) in [6, 6.07) is 0. The second-order valence-corrected chi connectivity index (χ2v) is 0.492. The average Bonchev–Trinajstić information content (AvgIpc) is 0.811. The number of carbonyl (C=O) groups is 1. The molecule has 5 nitrogen and oxygen atoms in total. The van der Waals surface area contributed by atoms with Gasteiger partial charge in [-0.3, -0.25) is 0 Å². The first-order valence-corrected chi connectivity index (χ1v) is 0.908. The van der Waals surface area contributed by atoms with Crippen molar-refractivity contribution >= 4 is 23.3 Å². The van der Waals surface area contributed by atoms with Gasteiger partial charge < -0.3 is 26.3 Å². The fourth-order valence-electron chi connectivity index (χ4n) is 0. The standard InChI is InChI=1S/C2H4O2.Al.Na.3H2O.3H/c1-2(3)4;;;;;;;;/h1H3,(H,3,4);;;3*1H2;;;/q;;+1;;;;;;/p-1. The number of aliphatic carboxylic acids is 1. The Kier molecular flexibility index (Phi) is 210. The summed E-state index contributed by atoms with van der Waals surface area (Å²) in [5.74, 6) is -1.08. The van der Waals surface area contributed by atoms with Gasteiger partial charge in [0, 0.05) is 5.97 Å². The van der Waals surface area contributed by atoms with E-state index in [4.69, 9.17) is 9.90 Å². The minimum atomic E-state index is -1.08. The third-order valence-corrected chi connectivity index (χ3v) is 0. The fourth-order valence-corrected chi connectivity index (χ4v) is 0. The van der Waals surface area contributed by atoms with E-state index >= 15 is 0 Å². The molecule has 0 aliphatic heterocycles. The number of carbonyl (C=O) groups excluding carboxylic acids is 1. The van der Waals surface area contributed by atoms with Crippen LogP contribution >= 0.6 is 0 Å². The molecule has 0 aromatic rings. The molecule has 0 saturated carbocycles.